The second kappa shape index (κ2) is 11.7. The van der Waals surface area contributed by atoms with E-state index in [1.54, 1.807) is 47.0 Å². The van der Waals surface area contributed by atoms with Crippen molar-refractivity contribution in [3.63, 3.8) is 0 Å². The lowest BCUT2D eigenvalue weighted by molar-refractivity contribution is 2.05. The molecule has 10 heteroatoms. The summed E-state index contributed by atoms with van der Waals surface area (Å²) in [5.41, 5.74) is 0. The Balaban J connectivity index is 1.15. The van der Waals surface area contributed by atoms with Gasteiger partial charge < -0.3 is 0 Å². The molecule has 4 aliphatic heterocycles. The summed E-state index contributed by atoms with van der Waals surface area (Å²) in [5, 5.41) is 14.2. The molecule has 4 aliphatic rings. The minimum absolute atomic E-state index is 1.06. The summed E-state index contributed by atoms with van der Waals surface area (Å²) in [6.45, 7) is 0. The summed E-state index contributed by atoms with van der Waals surface area (Å²) in [6.07, 6.45) is 8.92. The van der Waals surface area contributed by atoms with Crippen LogP contribution in [0.25, 0.3) is 0 Å². The Morgan fingerprint density at radius 2 is 0.963 bits per heavy atom. The highest BCUT2D eigenvalue weighted by molar-refractivity contribution is 8.40. The molecule has 0 aromatic heterocycles. The van der Waals surface area contributed by atoms with Crippen molar-refractivity contribution in [1.29, 1.82) is 0 Å². The number of hydrogen-bond acceptors (Lipinski definition) is 10. The third-order valence-corrected chi connectivity index (χ3v) is 14.4. The summed E-state index contributed by atoms with van der Waals surface area (Å²) in [5.74, 6) is 0. The first-order valence-electron chi connectivity index (χ1n) is 7.51. The van der Waals surface area contributed by atoms with Crippen molar-refractivity contribution in [2.24, 2.45) is 0 Å². The lowest BCUT2D eigenvalue weighted by Gasteiger charge is -2.02. The standard InChI is InChI=1S/C17H12S10/c1(12-18-5-6-19-12)3-14-22-9-16(26-14)24-11-25-17-10-23-15(27-17)4-2-13-20-7-8-21-13/h1-10H,11H2/b14-3-,15-4?. The number of rotatable bonds is 6. The summed E-state index contributed by atoms with van der Waals surface area (Å²) in [4.78, 5) is 0. The van der Waals surface area contributed by atoms with Crippen molar-refractivity contribution in [3.8, 4) is 0 Å². The van der Waals surface area contributed by atoms with Crippen molar-refractivity contribution in [2.75, 3.05) is 5.08 Å². The summed E-state index contributed by atoms with van der Waals surface area (Å²) >= 11 is 18.5. The van der Waals surface area contributed by atoms with Gasteiger partial charge in [-0.2, -0.15) is 0 Å². The number of hydrogen-bond donors (Lipinski definition) is 0. The van der Waals surface area contributed by atoms with Gasteiger partial charge in [-0.05, 0) is 56.8 Å². The predicted molar refractivity (Wildman–Crippen MR) is 148 cm³/mol. The normalized spacial score (nSPS) is 24.4. The smallest absolute Gasteiger partial charge is 0.0530 e. The van der Waals surface area contributed by atoms with E-state index >= 15 is 0 Å². The maximum Gasteiger partial charge on any atom is 0.0530 e. The topological polar surface area (TPSA) is 0 Å². The molecule has 0 fully saturated rings. The molecule has 0 unspecified atom stereocenters. The fourth-order valence-electron chi connectivity index (χ4n) is 1.79. The fourth-order valence-corrected chi connectivity index (χ4v) is 12.4. The first-order chi connectivity index (χ1) is 13.3. The Morgan fingerprint density at radius 1 is 0.556 bits per heavy atom. The minimum atomic E-state index is 1.06. The molecule has 0 radical (unpaired) electrons. The van der Waals surface area contributed by atoms with Crippen LogP contribution >= 0.6 is 118 Å². The van der Waals surface area contributed by atoms with E-state index in [2.05, 4.69) is 56.8 Å². The summed E-state index contributed by atoms with van der Waals surface area (Å²) < 4.78 is 8.24. The highest BCUT2D eigenvalue weighted by atomic mass is 32.3. The monoisotopic (exact) mass is 536 g/mol. The zero-order valence-corrected chi connectivity index (χ0v) is 21.7. The van der Waals surface area contributed by atoms with E-state index in [1.807, 2.05) is 70.6 Å². The van der Waals surface area contributed by atoms with Gasteiger partial charge in [-0.25, -0.2) is 0 Å². The fraction of sp³-hybridized carbons (Fsp3) is 0.0588. The Bertz CT molecular complexity index is 737. The lowest BCUT2D eigenvalue weighted by atomic mass is 10.6. The first-order valence-corrected chi connectivity index (χ1v) is 16.4. The highest BCUT2D eigenvalue weighted by Crippen LogP contribution is 2.53. The van der Waals surface area contributed by atoms with Crippen molar-refractivity contribution in [2.45, 2.75) is 0 Å². The average molecular weight is 537 g/mol. The molecule has 0 saturated carbocycles. The molecule has 4 rings (SSSR count). The zero-order valence-electron chi connectivity index (χ0n) is 13.6. The van der Waals surface area contributed by atoms with Gasteiger partial charge in [-0.1, -0.05) is 94.1 Å². The molecule has 0 N–H and O–H groups in total. The average Bonchev–Trinajstić information content (AvgIpc) is 3.47. The van der Waals surface area contributed by atoms with Crippen LogP contribution in [0, 0.1) is 0 Å². The molecule has 0 spiro atoms. The molecule has 0 aromatic carbocycles. The molecule has 27 heavy (non-hydrogen) atoms. The SMILES string of the molecule is C1=CSC(=CC=C2SC=C(SCSC3=CS/C(=C/C=C4SC=CS4)S3)S2)S1. The molecule has 0 nitrogen and oxygen atoms in total. The van der Waals surface area contributed by atoms with E-state index in [0.717, 1.165) is 5.08 Å². The van der Waals surface area contributed by atoms with E-state index < -0.39 is 0 Å². The summed E-state index contributed by atoms with van der Waals surface area (Å²) in [6, 6.07) is 0. The van der Waals surface area contributed by atoms with E-state index in [-0.39, 0.29) is 0 Å². The Morgan fingerprint density at radius 3 is 1.41 bits per heavy atom. The van der Waals surface area contributed by atoms with Crippen LogP contribution in [0.2, 0.25) is 0 Å². The summed E-state index contributed by atoms with van der Waals surface area (Å²) in [7, 11) is 0. The van der Waals surface area contributed by atoms with E-state index in [4.69, 9.17) is 0 Å². The van der Waals surface area contributed by atoms with E-state index in [1.165, 1.54) is 25.4 Å². The molecule has 0 saturated heterocycles. The molecule has 140 valence electrons. The molecule has 0 amide bonds. The van der Waals surface area contributed by atoms with Gasteiger partial charge in [-0.3, -0.25) is 0 Å². The van der Waals surface area contributed by atoms with Crippen LogP contribution in [0.15, 0.2) is 82.2 Å². The maximum absolute atomic E-state index is 2.28. The van der Waals surface area contributed by atoms with Gasteiger partial charge in [0.15, 0.2) is 0 Å². The predicted octanol–water partition coefficient (Wildman–Crippen LogP) is 10.2. The van der Waals surface area contributed by atoms with Gasteiger partial charge in [0.2, 0.25) is 0 Å². The maximum atomic E-state index is 2.28. The zero-order chi connectivity index (χ0) is 18.3. The van der Waals surface area contributed by atoms with Crippen LogP contribution in [0.4, 0.5) is 0 Å². The number of allylic oxidation sites excluding steroid dienone is 4. The van der Waals surface area contributed by atoms with Crippen LogP contribution in [0.5, 0.6) is 0 Å². The van der Waals surface area contributed by atoms with E-state index in [9.17, 15) is 0 Å². The lowest BCUT2D eigenvalue weighted by Crippen LogP contribution is -1.70. The second-order valence-corrected chi connectivity index (χ2v) is 16.4. The van der Waals surface area contributed by atoms with E-state index in [0.29, 0.717) is 0 Å². The van der Waals surface area contributed by atoms with Gasteiger partial charge in [0.1, 0.15) is 0 Å². The third kappa shape index (κ3) is 7.25. The Hall–Kier alpha value is 1.42. The quantitative estimate of drug-likeness (QED) is 0.299. The van der Waals surface area contributed by atoms with Gasteiger partial charge in [0.25, 0.3) is 0 Å². The van der Waals surface area contributed by atoms with Crippen LogP contribution in [-0.2, 0) is 0 Å². The van der Waals surface area contributed by atoms with Crippen molar-refractivity contribution >= 4 is 118 Å². The van der Waals surface area contributed by atoms with Crippen LogP contribution in [0.1, 0.15) is 0 Å². The van der Waals surface area contributed by atoms with Gasteiger partial charge in [-0.15, -0.1) is 23.5 Å². The third-order valence-electron chi connectivity index (χ3n) is 2.91. The first kappa shape index (κ1) is 21.6. The van der Waals surface area contributed by atoms with Gasteiger partial charge >= 0.3 is 0 Å². The van der Waals surface area contributed by atoms with Crippen LogP contribution < -0.4 is 0 Å². The van der Waals surface area contributed by atoms with Gasteiger partial charge in [0, 0.05) is 22.0 Å². The van der Waals surface area contributed by atoms with Gasteiger partial charge in [0.05, 0.1) is 8.47 Å². The number of thioether (sulfide) groups is 10. The van der Waals surface area contributed by atoms with Crippen LogP contribution in [-0.4, -0.2) is 5.08 Å². The second-order valence-electron chi connectivity index (χ2n) is 4.68. The van der Waals surface area contributed by atoms with Crippen molar-refractivity contribution in [3.05, 3.63) is 82.2 Å². The molecule has 4 heterocycles. The molecule has 0 aromatic rings. The molecular weight excluding hydrogens is 525 g/mol. The minimum Gasteiger partial charge on any atom is -0.107 e. The van der Waals surface area contributed by atoms with Crippen molar-refractivity contribution in [1.82, 2.24) is 0 Å². The largest absolute Gasteiger partial charge is 0.107 e. The molecule has 0 aliphatic carbocycles. The van der Waals surface area contributed by atoms with Crippen molar-refractivity contribution < 1.29 is 0 Å². The Labute approximate surface area is 202 Å². The molecular formula is C17H12S10. The highest BCUT2D eigenvalue weighted by Gasteiger charge is 2.15. The Kier molecular flexibility index (Phi) is 9.39. The van der Waals surface area contributed by atoms with Crippen LogP contribution in [0.3, 0.4) is 0 Å². The molecule has 0 atom stereocenters. The molecule has 0 bridgehead atoms.